The van der Waals surface area contributed by atoms with Gasteiger partial charge in [0.1, 0.15) is 23.2 Å². The number of nitrogens with zero attached hydrogens (tertiary/aromatic N) is 1. The fourth-order valence-electron chi connectivity index (χ4n) is 2.88. The Morgan fingerprint density at radius 2 is 2.15 bits per heavy atom. The minimum Gasteiger partial charge on any atom is -0.494 e. The monoisotopic (exact) mass is 370 g/mol. The number of benzene rings is 1. The fourth-order valence-corrected chi connectivity index (χ4v) is 2.88. The molecule has 0 saturated heterocycles. The van der Waals surface area contributed by atoms with Crippen LogP contribution in [0.4, 0.5) is 0 Å². The van der Waals surface area contributed by atoms with E-state index in [1.807, 2.05) is 24.3 Å². The molecule has 0 bridgehead atoms. The van der Waals surface area contributed by atoms with Crippen molar-refractivity contribution in [2.24, 2.45) is 11.7 Å². The van der Waals surface area contributed by atoms with Crippen molar-refractivity contribution in [2.75, 3.05) is 13.2 Å². The van der Waals surface area contributed by atoms with Crippen molar-refractivity contribution in [3.05, 3.63) is 52.6 Å². The molecule has 0 amide bonds. The predicted molar refractivity (Wildman–Crippen MR) is 101 cm³/mol. The summed E-state index contributed by atoms with van der Waals surface area (Å²) in [5.41, 5.74) is 7.10. The van der Waals surface area contributed by atoms with E-state index in [-0.39, 0.29) is 23.6 Å². The lowest BCUT2D eigenvalue weighted by molar-refractivity contribution is -0.139. The molecular formula is C21H26N2O4. The molecule has 1 atom stereocenters. The second kappa shape index (κ2) is 9.13. The van der Waals surface area contributed by atoms with E-state index in [1.165, 1.54) is 0 Å². The SMILES string of the molecule is CCOC(=O)C1=C(C)OC(N)=C(C#N)C1c1cccc(OCCC(C)C)c1. The minimum atomic E-state index is -0.656. The first kappa shape index (κ1) is 20.4. The molecule has 2 rings (SSSR count). The number of esters is 1. The molecule has 1 aromatic carbocycles. The maximum atomic E-state index is 12.5. The number of carbonyl (C=O) groups excluding carboxylic acids is 1. The van der Waals surface area contributed by atoms with Crippen LogP contribution < -0.4 is 10.5 Å². The summed E-state index contributed by atoms with van der Waals surface area (Å²) in [6.07, 6.45) is 0.935. The van der Waals surface area contributed by atoms with Gasteiger partial charge in [-0.05, 0) is 43.9 Å². The van der Waals surface area contributed by atoms with Crippen molar-refractivity contribution in [3.8, 4) is 11.8 Å². The van der Waals surface area contributed by atoms with Crippen LogP contribution in [0.3, 0.4) is 0 Å². The highest BCUT2D eigenvalue weighted by molar-refractivity contribution is 5.92. The third-order valence-electron chi connectivity index (χ3n) is 4.26. The highest BCUT2D eigenvalue weighted by Gasteiger charge is 2.36. The summed E-state index contributed by atoms with van der Waals surface area (Å²) in [5, 5.41) is 9.61. The van der Waals surface area contributed by atoms with Gasteiger partial charge in [-0.25, -0.2) is 4.79 Å². The molecule has 1 heterocycles. The molecule has 0 spiro atoms. The first-order valence-electron chi connectivity index (χ1n) is 9.07. The van der Waals surface area contributed by atoms with Gasteiger partial charge in [-0.2, -0.15) is 5.26 Å². The van der Waals surface area contributed by atoms with Crippen LogP contribution in [0.25, 0.3) is 0 Å². The van der Waals surface area contributed by atoms with E-state index < -0.39 is 11.9 Å². The molecule has 1 aliphatic heterocycles. The Hall–Kier alpha value is -2.94. The lowest BCUT2D eigenvalue weighted by atomic mass is 9.83. The van der Waals surface area contributed by atoms with E-state index in [9.17, 15) is 10.1 Å². The molecular weight excluding hydrogens is 344 g/mol. The van der Waals surface area contributed by atoms with Crippen LogP contribution in [-0.4, -0.2) is 19.2 Å². The molecule has 27 heavy (non-hydrogen) atoms. The predicted octanol–water partition coefficient (Wildman–Crippen LogP) is 3.76. The quantitative estimate of drug-likeness (QED) is 0.735. The minimum absolute atomic E-state index is 0.000761. The van der Waals surface area contributed by atoms with Crippen molar-refractivity contribution in [3.63, 3.8) is 0 Å². The van der Waals surface area contributed by atoms with E-state index in [1.54, 1.807) is 13.8 Å². The Labute approximate surface area is 160 Å². The van der Waals surface area contributed by atoms with Gasteiger partial charge in [0.2, 0.25) is 5.88 Å². The van der Waals surface area contributed by atoms with Crippen LogP contribution in [0.2, 0.25) is 0 Å². The summed E-state index contributed by atoms with van der Waals surface area (Å²) in [6.45, 7) is 8.45. The van der Waals surface area contributed by atoms with Crippen molar-refractivity contribution in [1.29, 1.82) is 5.26 Å². The number of rotatable bonds is 7. The topological polar surface area (TPSA) is 94.6 Å². The van der Waals surface area contributed by atoms with Crippen LogP contribution in [0.1, 0.15) is 45.6 Å². The number of nitrogens with two attached hydrogens (primary N) is 1. The zero-order chi connectivity index (χ0) is 20.0. The van der Waals surface area contributed by atoms with Crippen LogP contribution in [0.5, 0.6) is 5.75 Å². The van der Waals surface area contributed by atoms with Gasteiger partial charge in [0, 0.05) is 0 Å². The Morgan fingerprint density at radius 3 is 2.78 bits per heavy atom. The van der Waals surface area contributed by atoms with Gasteiger partial charge in [-0.1, -0.05) is 26.0 Å². The lowest BCUT2D eigenvalue weighted by Gasteiger charge is -2.27. The highest BCUT2D eigenvalue weighted by Crippen LogP contribution is 2.40. The normalized spacial score (nSPS) is 16.8. The van der Waals surface area contributed by atoms with Crippen molar-refractivity contribution in [2.45, 2.75) is 40.0 Å². The van der Waals surface area contributed by atoms with Crippen molar-refractivity contribution < 1.29 is 19.0 Å². The maximum absolute atomic E-state index is 12.5. The van der Waals surface area contributed by atoms with Gasteiger partial charge < -0.3 is 19.9 Å². The summed E-state index contributed by atoms with van der Waals surface area (Å²) < 4.78 is 16.4. The Bertz CT molecular complexity index is 803. The summed E-state index contributed by atoms with van der Waals surface area (Å²) in [5.74, 6) is 0.372. The van der Waals surface area contributed by atoms with Crippen LogP contribution in [0.15, 0.2) is 47.1 Å². The summed E-state index contributed by atoms with van der Waals surface area (Å²) in [6, 6.07) is 9.42. The number of hydrogen-bond donors (Lipinski definition) is 1. The molecule has 1 aromatic rings. The third kappa shape index (κ3) is 4.82. The first-order chi connectivity index (χ1) is 12.9. The standard InChI is InChI=1S/C21H26N2O4/c1-5-25-21(24)18-14(4)27-20(23)17(12-22)19(18)15-7-6-8-16(11-15)26-10-9-13(2)3/h6-8,11,13,19H,5,9-10,23H2,1-4H3. The molecule has 1 aliphatic rings. The molecule has 144 valence electrons. The van der Waals surface area contributed by atoms with Gasteiger partial charge in [0.15, 0.2) is 0 Å². The molecule has 0 aliphatic carbocycles. The number of hydrogen-bond acceptors (Lipinski definition) is 6. The van der Waals surface area contributed by atoms with Crippen LogP contribution >= 0.6 is 0 Å². The van der Waals surface area contributed by atoms with Gasteiger partial charge in [0.05, 0.1) is 24.7 Å². The fraction of sp³-hybridized carbons (Fsp3) is 0.429. The Kier molecular flexibility index (Phi) is 6.89. The molecule has 0 saturated carbocycles. The molecule has 6 heteroatoms. The van der Waals surface area contributed by atoms with E-state index in [0.29, 0.717) is 24.0 Å². The van der Waals surface area contributed by atoms with Crippen LogP contribution in [0, 0.1) is 17.2 Å². The number of carbonyl (C=O) groups is 1. The summed E-state index contributed by atoms with van der Waals surface area (Å²) >= 11 is 0. The highest BCUT2D eigenvalue weighted by atomic mass is 16.5. The van der Waals surface area contributed by atoms with E-state index >= 15 is 0 Å². The number of nitriles is 1. The molecule has 2 N–H and O–H groups in total. The zero-order valence-electron chi connectivity index (χ0n) is 16.2. The molecule has 6 nitrogen and oxygen atoms in total. The van der Waals surface area contributed by atoms with E-state index in [2.05, 4.69) is 19.9 Å². The number of ether oxygens (including phenoxy) is 3. The number of allylic oxidation sites excluding steroid dienone is 2. The molecule has 0 radical (unpaired) electrons. The second-order valence-electron chi connectivity index (χ2n) is 6.72. The van der Waals surface area contributed by atoms with Crippen LogP contribution in [-0.2, 0) is 14.3 Å². The molecule has 0 aromatic heterocycles. The van der Waals surface area contributed by atoms with Gasteiger partial charge in [-0.3, -0.25) is 0 Å². The Balaban J connectivity index is 2.42. The van der Waals surface area contributed by atoms with E-state index in [4.69, 9.17) is 19.9 Å². The summed E-state index contributed by atoms with van der Waals surface area (Å²) in [4.78, 5) is 12.5. The molecule has 1 unspecified atom stereocenters. The molecule has 0 fully saturated rings. The van der Waals surface area contributed by atoms with Crippen molar-refractivity contribution >= 4 is 5.97 Å². The summed E-state index contributed by atoms with van der Waals surface area (Å²) in [7, 11) is 0. The first-order valence-corrected chi connectivity index (χ1v) is 9.07. The maximum Gasteiger partial charge on any atom is 0.338 e. The lowest BCUT2D eigenvalue weighted by Crippen LogP contribution is -2.25. The Morgan fingerprint density at radius 1 is 1.41 bits per heavy atom. The average Bonchev–Trinajstić information content (AvgIpc) is 2.61. The van der Waals surface area contributed by atoms with Crippen molar-refractivity contribution in [1.82, 2.24) is 0 Å². The van der Waals surface area contributed by atoms with Gasteiger partial charge >= 0.3 is 5.97 Å². The van der Waals surface area contributed by atoms with Gasteiger partial charge in [0.25, 0.3) is 0 Å². The zero-order valence-corrected chi connectivity index (χ0v) is 16.2. The average molecular weight is 370 g/mol. The van der Waals surface area contributed by atoms with Gasteiger partial charge in [-0.15, -0.1) is 0 Å². The smallest absolute Gasteiger partial charge is 0.338 e. The largest absolute Gasteiger partial charge is 0.494 e. The third-order valence-corrected chi connectivity index (χ3v) is 4.26. The van der Waals surface area contributed by atoms with E-state index in [0.717, 1.165) is 12.0 Å². The second-order valence-corrected chi connectivity index (χ2v) is 6.72.